The molecule has 0 atom stereocenters. The molecule has 2 rings (SSSR count). The van der Waals surface area contributed by atoms with Gasteiger partial charge in [-0.1, -0.05) is 0 Å². The lowest BCUT2D eigenvalue weighted by Crippen LogP contribution is -2.62. The van der Waals surface area contributed by atoms with Gasteiger partial charge in [0.1, 0.15) is 5.82 Å². The fourth-order valence-electron chi connectivity index (χ4n) is 2.10. The molecule has 1 saturated heterocycles. The zero-order valence-corrected chi connectivity index (χ0v) is 11.9. The van der Waals surface area contributed by atoms with Crippen LogP contribution in [0.2, 0.25) is 0 Å². The maximum Gasteiger partial charge on any atom is 0.460 e. The highest BCUT2D eigenvalue weighted by Crippen LogP contribution is 2.47. The first kappa shape index (κ1) is 18.2. The topological polar surface area (TPSA) is 49.3 Å². The Labute approximate surface area is 131 Å². The van der Waals surface area contributed by atoms with E-state index in [1.807, 2.05) is 0 Å². The van der Waals surface area contributed by atoms with Crippen LogP contribution in [-0.2, 0) is 4.79 Å². The Bertz CT molecular complexity index is 585. The number of aromatic nitrogens is 2. The number of hydrogen-bond donors (Lipinski definition) is 0. The Morgan fingerprint density at radius 1 is 0.958 bits per heavy atom. The minimum Gasteiger partial charge on any atom is -0.352 e. The van der Waals surface area contributed by atoms with Gasteiger partial charge >= 0.3 is 18.0 Å². The number of rotatable bonds is 3. The van der Waals surface area contributed by atoms with Crippen molar-refractivity contribution >= 4 is 11.7 Å². The smallest absolute Gasteiger partial charge is 0.352 e. The number of alkyl halides is 7. The predicted octanol–water partition coefficient (Wildman–Crippen LogP) is 1.96. The lowest BCUT2D eigenvalue weighted by molar-refractivity contribution is -0.346. The highest BCUT2D eigenvalue weighted by atomic mass is 19.4. The Morgan fingerprint density at radius 3 is 2.00 bits per heavy atom. The average molecular weight is 360 g/mol. The van der Waals surface area contributed by atoms with Gasteiger partial charge < -0.3 is 9.80 Å². The number of nitrogens with zero attached hydrogens (tertiary/aromatic N) is 4. The van der Waals surface area contributed by atoms with Gasteiger partial charge in [0.05, 0.1) is 6.20 Å². The summed E-state index contributed by atoms with van der Waals surface area (Å²) in [4.78, 5) is 21.0. The lowest BCUT2D eigenvalue weighted by atomic mass is 10.1. The molecule has 1 fully saturated rings. The molecule has 0 aliphatic carbocycles. The summed E-state index contributed by atoms with van der Waals surface area (Å²) in [7, 11) is 0. The van der Waals surface area contributed by atoms with E-state index in [1.54, 1.807) is 0 Å². The Morgan fingerprint density at radius 2 is 1.54 bits per heavy atom. The second kappa shape index (κ2) is 6.06. The molecule has 0 N–H and O–H groups in total. The first-order valence-corrected chi connectivity index (χ1v) is 6.61. The van der Waals surface area contributed by atoms with Gasteiger partial charge in [-0.15, -0.1) is 0 Å². The van der Waals surface area contributed by atoms with Crippen LogP contribution in [0.3, 0.4) is 0 Å². The van der Waals surface area contributed by atoms with Crippen molar-refractivity contribution in [3.8, 4) is 0 Å². The summed E-state index contributed by atoms with van der Waals surface area (Å²) in [5.41, 5.74) is 0. The van der Waals surface area contributed by atoms with Crippen molar-refractivity contribution in [2.75, 3.05) is 31.1 Å². The van der Waals surface area contributed by atoms with Gasteiger partial charge in [0, 0.05) is 38.6 Å². The van der Waals surface area contributed by atoms with Crippen LogP contribution in [0.4, 0.5) is 36.6 Å². The fraction of sp³-hybridized carbons (Fsp3) is 0.583. The number of anilines is 1. The summed E-state index contributed by atoms with van der Waals surface area (Å²) in [6.45, 7) is -1.01. The second-order valence-corrected chi connectivity index (χ2v) is 4.99. The molecule has 0 aromatic carbocycles. The quantitative estimate of drug-likeness (QED) is 0.774. The van der Waals surface area contributed by atoms with Gasteiger partial charge in [-0.25, -0.2) is 4.98 Å². The van der Waals surface area contributed by atoms with E-state index in [4.69, 9.17) is 0 Å². The second-order valence-electron chi connectivity index (χ2n) is 4.99. The van der Waals surface area contributed by atoms with E-state index in [9.17, 15) is 35.5 Å². The highest BCUT2D eigenvalue weighted by Gasteiger charge is 2.76. The van der Waals surface area contributed by atoms with Crippen molar-refractivity contribution in [3.05, 3.63) is 18.6 Å². The summed E-state index contributed by atoms with van der Waals surface area (Å²) < 4.78 is 89.0. The number of hydrogen-bond acceptors (Lipinski definition) is 4. The predicted molar refractivity (Wildman–Crippen MR) is 66.8 cm³/mol. The van der Waals surface area contributed by atoms with Crippen LogP contribution in [0.15, 0.2) is 18.6 Å². The Kier molecular flexibility index (Phi) is 4.59. The molecule has 1 amide bonds. The van der Waals surface area contributed by atoms with Crippen LogP contribution >= 0.6 is 0 Å². The summed E-state index contributed by atoms with van der Waals surface area (Å²) in [5, 5.41) is 0. The van der Waals surface area contributed by atoms with E-state index in [0.717, 1.165) is 0 Å². The van der Waals surface area contributed by atoms with Gasteiger partial charge in [0.15, 0.2) is 0 Å². The van der Waals surface area contributed by atoms with E-state index < -0.39 is 37.0 Å². The highest BCUT2D eigenvalue weighted by molar-refractivity contribution is 5.85. The molecule has 1 aliphatic heterocycles. The van der Waals surface area contributed by atoms with Crippen LogP contribution in [0.1, 0.15) is 0 Å². The molecule has 1 aromatic rings. The van der Waals surface area contributed by atoms with Crippen LogP contribution < -0.4 is 4.90 Å². The molecule has 0 spiro atoms. The minimum absolute atomic E-state index is 0.0574. The van der Waals surface area contributed by atoms with Gasteiger partial charge in [-0.05, 0) is 0 Å². The third kappa shape index (κ3) is 3.08. The number of piperazine rings is 1. The standard InChI is InChI=1S/C12H11F7N4O/c13-10(14,11(15,16)12(17,18)19)9(24)23-5-3-22(4-6-23)8-7-20-1-2-21-8/h1-2,7H,3-6H2. The van der Waals surface area contributed by atoms with E-state index in [2.05, 4.69) is 9.97 Å². The average Bonchev–Trinajstić information content (AvgIpc) is 2.54. The van der Waals surface area contributed by atoms with Crippen molar-refractivity contribution in [1.29, 1.82) is 0 Å². The number of carbonyl (C=O) groups excluding carboxylic acids is 1. The van der Waals surface area contributed by atoms with Crippen LogP contribution in [-0.4, -0.2) is 65.0 Å². The molecule has 0 unspecified atom stereocenters. The normalized spacial score (nSPS) is 17.1. The van der Waals surface area contributed by atoms with Gasteiger partial charge in [-0.3, -0.25) is 9.78 Å². The van der Waals surface area contributed by atoms with Crippen LogP contribution in [0.5, 0.6) is 0 Å². The lowest BCUT2D eigenvalue weighted by Gasteiger charge is -2.38. The maximum atomic E-state index is 13.4. The Hall–Kier alpha value is -2.14. The van der Waals surface area contributed by atoms with Gasteiger partial charge in [0.2, 0.25) is 0 Å². The maximum absolute atomic E-state index is 13.4. The summed E-state index contributed by atoms with van der Waals surface area (Å²) in [6, 6.07) is 0. The first-order chi connectivity index (χ1) is 11.0. The summed E-state index contributed by atoms with van der Waals surface area (Å²) >= 11 is 0. The number of amides is 1. The number of carbonyl (C=O) groups is 1. The van der Waals surface area contributed by atoms with Gasteiger partial charge in [0.25, 0.3) is 5.91 Å². The van der Waals surface area contributed by atoms with Crippen molar-refractivity contribution < 1.29 is 35.5 Å². The molecule has 5 nitrogen and oxygen atoms in total. The zero-order chi connectivity index (χ0) is 18.2. The van der Waals surface area contributed by atoms with Crippen molar-refractivity contribution in [1.82, 2.24) is 14.9 Å². The van der Waals surface area contributed by atoms with E-state index in [1.165, 1.54) is 23.5 Å². The van der Waals surface area contributed by atoms with Gasteiger partial charge in [-0.2, -0.15) is 30.7 Å². The van der Waals surface area contributed by atoms with Crippen molar-refractivity contribution in [2.24, 2.45) is 0 Å². The third-order valence-electron chi connectivity index (χ3n) is 3.46. The van der Waals surface area contributed by atoms with Crippen molar-refractivity contribution in [3.63, 3.8) is 0 Å². The zero-order valence-electron chi connectivity index (χ0n) is 11.9. The van der Waals surface area contributed by atoms with Crippen molar-refractivity contribution in [2.45, 2.75) is 18.0 Å². The van der Waals surface area contributed by atoms with Crippen LogP contribution in [0, 0.1) is 0 Å². The molecular weight excluding hydrogens is 349 g/mol. The molecule has 2 heterocycles. The molecule has 1 aliphatic rings. The summed E-state index contributed by atoms with van der Waals surface area (Å²) in [5.74, 6) is -14.5. The van der Waals surface area contributed by atoms with Crippen LogP contribution in [0.25, 0.3) is 0 Å². The molecular formula is C12H11F7N4O. The monoisotopic (exact) mass is 360 g/mol. The SMILES string of the molecule is O=C(N1CCN(c2cnccn2)CC1)C(F)(F)C(F)(F)C(F)(F)F. The van der Waals surface area contributed by atoms with E-state index in [0.29, 0.717) is 5.82 Å². The van der Waals surface area contributed by atoms with E-state index in [-0.39, 0.29) is 18.0 Å². The number of halogens is 7. The molecule has 134 valence electrons. The first-order valence-electron chi connectivity index (χ1n) is 6.61. The van der Waals surface area contributed by atoms with E-state index >= 15 is 0 Å². The molecule has 0 radical (unpaired) electrons. The molecule has 0 bridgehead atoms. The third-order valence-corrected chi connectivity index (χ3v) is 3.46. The summed E-state index contributed by atoms with van der Waals surface area (Å²) in [6.07, 6.45) is -2.41. The Balaban J connectivity index is 2.07. The largest absolute Gasteiger partial charge is 0.460 e. The molecule has 1 aromatic heterocycles. The molecule has 0 saturated carbocycles. The fourth-order valence-corrected chi connectivity index (χ4v) is 2.10. The molecule has 12 heteroatoms. The minimum atomic E-state index is -6.53. The molecule has 24 heavy (non-hydrogen) atoms.